The van der Waals surface area contributed by atoms with E-state index in [-0.39, 0.29) is 0 Å². The fourth-order valence-electron chi connectivity index (χ4n) is 3.37. The fourth-order valence-corrected chi connectivity index (χ4v) is 3.37. The van der Waals surface area contributed by atoms with E-state index in [2.05, 4.69) is 89.6 Å². The van der Waals surface area contributed by atoms with Crippen molar-refractivity contribution in [2.75, 3.05) is 19.6 Å². The van der Waals surface area contributed by atoms with E-state index in [0.29, 0.717) is 6.04 Å². The second-order valence-corrected chi connectivity index (χ2v) is 6.79. The Morgan fingerprint density at radius 3 is 2.54 bits per heavy atom. The van der Waals surface area contributed by atoms with E-state index in [4.69, 9.17) is 0 Å². The Bertz CT molecular complexity index is 731. The molecule has 0 amide bonds. The number of rotatable bonds is 7. The predicted molar refractivity (Wildman–Crippen MR) is 112 cm³/mol. The van der Waals surface area contributed by atoms with E-state index in [1.807, 2.05) is 12.1 Å². The fraction of sp³-hybridized carbons (Fsp3) is 0.250. The van der Waals surface area contributed by atoms with Gasteiger partial charge >= 0.3 is 0 Å². The molecule has 0 aromatic heterocycles. The lowest BCUT2D eigenvalue weighted by atomic mass is 10.0. The third-order valence-corrected chi connectivity index (χ3v) is 4.73. The molecule has 1 heterocycles. The Morgan fingerprint density at radius 2 is 1.81 bits per heavy atom. The van der Waals surface area contributed by atoms with Crippen molar-refractivity contribution in [1.29, 1.82) is 0 Å². The Morgan fingerprint density at radius 1 is 1.08 bits per heavy atom. The lowest BCUT2D eigenvalue weighted by molar-refractivity contribution is 0.192. The molecule has 2 aromatic rings. The monoisotopic (exact) mass is 344 g/mol. The van der Waals surface area contributed by atoms with E-state index >= 15 is 0 Å². The second-order valence-electron chi connectivity index (χ2n) is 6.79. The standard InChI is InChI=1S/C24H28N2/c1-2-21(14-9-15-22-10-5-3-6-11-22)18-24-20-26(17-16-25-24)19-23-12-7-4-8-13-23/h2-15,24-25H,1,16-20H2/b15-9+,21-14+/t24-/m1/s1. The maximum absolute atomic E-state index is 4.00. The summed E-state index contributed by atoms with van der Waals surface area (Å²) in [7, 11) is 0. The van der Waals surface area contributed by atoms with Crippen LogP contribution < -0.4 is 5.32 Å². The summed E-state index contributed by atoms with van der Waals surface area (Å²) in [6.07, 6.45) is 9.43. The van der Waals surface area contributed by atoms with Crippen LogP contribution in [-0.2, 0) is 6.54 Å². The van der Waals surface area contributed by atoms with Crippen molar-refractivity contribution in [2.45, 2.75) is 19.0 Å². The van der Waals surface area contributed by atoms with Gasteiger partial charge in [0.1, 0.15) is 0 Å². The topological polar surface area (TPSA) is 15.3 Å². The minimum atomic E-state index is 0.474. The van der Waals surface area contributed by atoms with Gasteiger partial charge in [0, 0.05) is 32.2 Å². The zero-order valence-electron chi connectivity index (χ0n) is 15.4. The van der Waals surface area contributed by atoms with Gasteiger partial charge in [-0.1, -0.05) is 91.5 Å². The Balaban J connectivity index is 1.55. The first-order valence-corrected chi connectivity index (χ1v) is 9.38. The van der Waals surface area contributed by atoms with Crippen molar-refractivity contribution in [3.05, 3.63) is 102 Å². The number of hydrogen-bond donors (Lipinski definition) is 1. The van der Waals surface area contributed by atoms with Crippen molar-refractivity contribution in [1.82, 2.24) is 10.2 Å². The number of benzene rings is 2. The third-order valence-electron chi connectivity index (χ3n) is 4.73. The van der Waals surface area contributed by atoms with Crippen molar-refractivity contribution >= 4 is 6.08 Å². The van der Waals surface area contributed by atoms with Crippen molar-refractivity contribution in [3.8, 4) is 0 Å². The number of piperazine rings is 1. The van der Waals surface area contributed by atoms with Crippen molar-refractivity contribution < 1.29 is 0 Å². The van der Waals surface area contributed by atoms with Crippen molar-refractivity contribution in [3.63, 3.8) is 0 Å². The minimum absolute atomic E-state index is 0.474. The first-order chi connectivity index (χ1) is 12.8. The van der Waals surface area contributed by atoms with E-state index < -0.39 is 0 Å². The lowest BCUT2D eigenvalue weighted by Crippen LogP contribution is -2.50. The molecule has 3 rings (SSSR count). The maximum atomic E-state index is 4.00. The minimum Gasteiger partial charge on any atom is -0.311 e. The van der Waals surface area contributed by atoms with Gasteiger partial charge in [-0.25, -0.2) is 0 Å². The average Bonchev–Trinajstić information content (AvgIpc) is 2.69. The first-order valence-electron chi connectivity index (χ1n) is 9.38. The molecule has 0 radical (unpaired) electrons. The molecule has 0 unspecified atom stereocenters. The van der Waals surface area contributed by atoms with Crippen LogP contribution in [0, 0.1) is 0 Å². The smallest absolute Gasteiger partial charge is 0.0236 e. The van der Waals surface area contributed by atoms with Gasteiger partial charge in [-0.15, -0.1) is 0 Å². The van der Waals surface area contributed by atoms with Gasteiger partial charge in [0.15, 0.2) is 0 Å². The van der Waals surface area contributed by atoms with Crippen LogP contribution in [0.25, 0.3) is 6.08 Å². The van der Waals surface area contributed by atoms with Crippen LogP contribution >= 0.6 is 0 Å². The molecule has 0 saturated carbocycles. The maximum Gasteiger partial charge on any atom is 0.0236 e. The van der Waals surface area contributed by atoms with Gasteiger partial charge in [-0.05, 0) is 23.1 Å². The number of hydrogen-bond acceptors (Lipinski definition) is 2. The number of allylic oxidation sites excluding steroid dienone is 3. The zero-order chi connectivity index (χ0) is 18.0. The molecule has 2 heteroatoms. The van der Waals surface area contributed by atoms with Crippen LogP contribution in [0.1, 0.15) is 17.5 Å². The molecule has 1 N–H and O–H groups in total. The van der Waals surface area contributed by atoms with Crippen LogP contribution in [0.3, 0.4) is 0 Å². The molecule has 1 saturated heterocycles. The summed E-state index contributed by atoms with van der Waals surface area (Å²) in [5.41, 5.74) is 3.88. The molecule has 1 aliphatic rings. The Labute approximate surface area is 157 Å². The van der Waals surface area contributed by atoms with Crippen molar-refractivity contribution in [2.24, 2.45) is 0 Å². The summed E-state index contributed by atoms with van der Waals surface area (Å²) < 4.78 is 0. The summed E-state index contributed by atoms with van der Waals surface area (Å²) in [5, 5.41) is 3.65. The van der Waals surface area contributed by atoms with Crippen LogP contribution in [0.4, 0.5) is 0 Å². The highest BCUT2D eigenvalue weighted by Crippen LogP contribution is 2.14. The first kappa shape index (κ1) is 18.4. The van der Waals surface area contributed by atoms with Crippen LogP contribution in [0.2, 0.25) is 0 Å². The SMILES string of the molecule is C=C/C(=C\C=C\c1ccccc1)C[C@@H]1CN(Cc2ccccc2)CCN1. The number of nitrogens with zero attached hydrogens (tertiary/aromatic N) is 1. The summed E-state index contributed by atoms with van der Waals surface area (Å²) in [6, 6.07) is 21.6. The second kappa shape index (κ2) is 9.91. The van der Waals surface area contributed by atoms with Gasteiger partial charge in [0.25, 0.3) is 0 Å². The predicted octanol–water partition coefficient (Wildman–Crippen LogP) is 4.68. The number of nitrogens with one attached hydrogen (secondary N) is 1. The molecule has 1 fully saturated rings. The normalized spacial score (nSPS) is 18.9. The molecule has 0 aliphatic carbocycles. The highest BCUT2D eigenvalue weighted by atomic mass is 15.2. The molecule has 134 valence electrons. The molecular formula is C24H28N2. The van der Waals surface area contributed by atoms with Gasteiger partial charge in [0.2, 0.25) is 0 Å². The summed E-state index contributed by atoms with van der Waals surface area (Å²) in [4.78, 5) is 2.54. The van der Waals surface area contributed by atoms with Crippen LogP contribution in [0.15, 0.2) is 91.0 Å². The van der Waals surface area contributed by atoms with Gasteiger partial charge in [-0.2, -0.15) is 0 Å². The zero-order valence-corrected chi connectivity index (χ0v) is 15.4. The van der Waals surface area contributed by atoms with Crippen LogP contribution in [0.5, 0.6) is 0 Å². The highest BCUT2D eigenvalue weighted by molar-refractivity contribution is 5.51. The van der Waals surface area contributed by atoms with Gasteiger partial charge < -0.3 is 5.32 Å². The van der Waals surface area contributed by atoms with E-state index in [1.54, 1.807) is 0 Å². The molecule has 2 aromatic carbocycles. The van der Waals surface area contributed by atoms with E-state index in [1.165, 1.54) is 16.7 Å². The molecule has 0 bridgehead atoms. The highest BCUT2D eigenvalue weighted by Gasteiger charge is 2.19. The molecule has 1 aliphatic heterocycles. The molecule has 0 spiro atoms. The third kappa shape index (κ3) is 5.83. The largest absolute Gasteiger partial charge is 0.311 e. The van der Waals surface area contributed by atoms with Gasteiger partial charge in [-0.3, -0.25) is 4.90 Å². The van der Waals surface area contributed by atoms with Crippen LogP contribution in [-0.4, -0.2) is 30.6 Å². The summed E-state index contributed by atoms with van der Waals surface area (Å²) >= 11 is 0. The van der Waals surface area contributed by atoms with Gasteiger partial charge in [0.05, 0.1) is 0 Å². The molecule has 1 atom stereocenters. The quantitative estimate of drug-likeness (QED) is 0.734. The van der Waals surface area contributed by atoms with E-state index in [9.17, 15) is 0 Å². The molecule has 26 heavy (non-hydrogen) atoms. The van der Waals surface area contributed by atoms with E-state index in [0.717, 1.165) is 32.6 Å². The molecule has 2 nitrogen and oxygen atoms in total. The Hall–Kier alpha value is -2.42. The average molecular weight is 345 g/mol. The summed E-state index contributed by atoms with van der Waals surface area (Å²) in [5.74, 6) is 0. The summed E-state index contributed by atoms with van der Waals surface area (Å²) in [6.45, 7) is 8.24. The molecular weight excluding hydrogens is 316 g/mol. The Kier molecular flexibility index (Phi) is 7.00. The lowest BCUT2D eigenvalue weighted by Gasteiger charge is -2.34.